The molecule has 3 rings (SSSR count). The van der Waals surface area contributed by atoms with Crippen molar-refractivity contribution in [2.24, 2.45) is 0 Å². The summed E-state index contributed by atoms with van der Waals surface area (Å²) >= 11 is 0. The molecule has 0 unspecified atom stereocenters. The summed E-state index contributed by atoms with van der Waals surface area (Å²) in [7, 11) is 0. The first-order valence-electron chi connectivity index (χ1n) is 8.91. The minimum Gasteiger partial charge on any atom is -0.381 e. The van der Waals surface area contributed by atoms with Crippen molar-refractivity contribution in [3.05, 3.63) is 35.9 Å². The van der Waals surface area contributed by atoms with Crippen molar-refractivity contribution in [1.29, 1.82) is 0 Å². The summed E-state index contributed by atoms with van der Waals surface area (Å²) in [5.74, 6) is 0.152. The Morgan fingerprint density at radius 1 is 1.17 bits per heavy atom. The molecule has 24 heavy (non-hydrogen) atoms. The average molecular weight is 332 g/mol. The van der Waals surface area contributed by atoms with Crippen molar-refractivity contribution in [2.45, 2.75) is 44.4 Å². The molecule has 2 aliphatic heterocycles. The Morgan fingerprint density at radius 3 is 2.42 bits per heavy atom. The van der Waals surface area contributed by atoms with Gasteiger partial charge < -0.3 is 14.4 Å². The molecule has 0 spiro atoms. The molecule has 2 heterocycles. The van der Waals surface area contributed by atoms with Gasteiger partial charge in [-0.25, -0.2) is 0 Å². The number of hydrogen-bond donors (Lipinski definition) is 1. The molecular weight excluding hydrogens is 304 g/mol. The molecule has 1 N–H and O–H groups in total. The Balaban J connectivity index is 1.66. The van der Waals surface area contributed by atoms with E-state index in [0.29, 0.717) is 19.6 Å². The van der Waals surface area contributed by atoms with Gasteiger partial charge in [-0.1, -0.05) is 30.3 Å². The third-order valence-electron chi connectivity index (χ3n) is 5.02. The number of amides is 1. The molecule has 1 aromatic rings. The molecule has 1 amide bonds. The molecule has 0 radical (unpaired) electrons. The summed E-state index contributed by atoms with van der Waals surface area (Å²) in [6, 6.07) is 10.4. The summed E-state index contributed by atoms with van der Waals surface area (Å²) < 4.78 is 11.3. The van der Waals surface area contributed by atoms with Gasteiger partial charge in [-0.15, -0.1) is 0 Å². The third kappa shape index (κ3) is 3.97. The van der Waals surface area contributed by atoms with E-state index in [0.717, 1.165) is 26.1 Å². The van der Waals surface area contributed by atoms with E-state index in [-0.39, 0.29) is 23.7 Å². The highest BCUT2D eigenvalue weighted by Gasteiger charge is 2.35. The Morgan fingerprint density at radius 2 is 1.79 bits per heavy atom. The van der Waals surface area contributed by atoms with Gasteiger partial charge in [0, 0.05) is 31.8 Å². The normalized spacial score (nSPS) is 27.0. The molecule has 2 saturated heterocycles. The van der Waals surface area contributed by atoms with E-state index < -0.39 is 0 Å². The zero-order valence-corrected chi connectivity index (χ0v) is 14.7. The van der Waals surface area contributed by atoms with Crippen LogP contribution >= 0.6 is 0 Å². The van der Waals surface area contributed by atoms with E-state index in [2.05, 4.69) is 29.6 Å². The maximum atomic E-state index is 12.7. The fraction of sp³-hybridized carbons (Fsp3) is 0.632. The molecule has 5 nitrogen and oxygen atoms in total. The smallest absolute Gasteiger partial charge is 0.236 e. The van der Waals surface area contributed by atoms with Crippen LogP contribution in [0.15, 0.2) is 30.3 Å². The highest BCUT2D eigenvalue weighted by Crippen LogP contribution is 2.31. The van der Waals surface area contributed by atoms with Crippen molar-refractivity contribution in [2.75, 3.05) is 32.8 Å². The summed E-state index contributed by atoms with van der Waals surface area (Å²) in [5, 5.41) is 3.57. The van der Waals surface area contributed by atoms with Crippen LogP contribution in [-0.2, 0) is 19.8 Å². The Bertz CT molecular complexity index is 533. The average Bonchev–Trinajstić information content (AvgIpc) is 2.60. The largest absolute Gasteiger partial charge is 0.381 e. The van der Waals surface area contributed by atoms with Crippen LogP contribution in [0.5, 0.6) is 0 Å². The van der Waals surface area contributed by atoms with Crippen molar-refractivity contribution in [1.82, 2.24) is 10.2 Å². The van der Waals surface area contributed by atoms with Crippen molar-refractivity contribution in [3.63, 3.8) is 0 Å². The van der Waals surface area contributed by atoms with Gasteiger partial charge in [0.2, 0.25) is 5.91 Å². The molecule has 2 atom stereocenters. The van der Waals surface area contributed by atoms with Gasteiger partial charge in [0.1, 0.15) is 0 Å². The first kappa shape index (κ1) is 17.4. The van der Waals surface area contributed by atoms with E-state index in [1.54, 1.807) is 0 Å². The quantitative estimate of drug-likeness (QED) is 0.915. The summed E-state index contributed by atoms with van der Waals surface area (Å²) in [6.07, 6.45) is 1.98. The number of rotatable bonds is 4. The minimum atomic E-state index is -0.168. The monoisotopic (exact) mass is 332 g/mol. The highest BCUT2D eigenvalue weighted by molar-refractivity contribution is 5.78. The van der Waals surface area contributed by atoms with Crippen LogP contribution in [-0.4, -0.2) is 55.9 Å². The summed E-state index contributed by atoms with van der Waals surface area (Å²) in [6.45, 7) is 7.19. The fourth-order valence-corrected chi connectivity index (χ4v) is 3.78. The van der Waals surface area contributed by atoms with E-state index in [1.807, 2.05) is 24.8 Å². The second-order valence-electron chi connectivity index (χ2n) is 6.97. The van der Waals surface area contributed by atoms with Crippen molar-refractivity contribution in [3.8, 4) is 0 Å². The van der Waals surface area contributed by atoms with Gasteiger partial charge in [0.25, 0.3) is 0 Å². The maximum absolute atomic E-state index is 12.7. The predicted octanol–water partition coefficient (Wildman–Crippen LogP) is 1.92. The topological polar surface area (TPSA) is 50.8 Å². The lowest BCUT2D eigenvalue weighted by molar-refractivity contribution is -0.142. The molecule has 0 aromatic heterocycles. The zero-order valence-electron chi connectivity index (χ0n) is 14.7. The lowest BCUT2D eigenvalue weighted by Crippen LogP contribution is -2.54. The van der Waals surface area contributed by atoms with Gasteiger partial charge in [0.05, 0.1) is 18.8 Å². The van der Waals surface area contributed by atoms with Gasteiger partial charge in [-0.2, -0.15) is 0 Å². The zero-order chi connectivity index (χ0) is 17.0. The second kappa shape index (κ2) is 7.64. The van der Waals surface area contributed by atoms with Crippen molar-refractivity contribution < 1.29 is 14.3 Å². The summed E-state index contributed by atoms with van der Waals surface area (Å²) in [4.78, 5) is 14.6. The van der Waals surface area contributed by atoms with E-state index in [4.69, 9.17) is 9.47 Å². The molecule has 0 saturated carbocycles. The Hall–Kier alpha value is -1.43. The number of benzene rings is 1. The van der Waals surface area contributed by atoms with E-state index in [9.17, 15) is 4.79 Å². The molecule has 2 fully saturated rings. The molecule has 0 aliphatic carbocycles. The standard InChI is InChI=1S/C19H28N2O3/c1-15-13-21(14-16(2)24-15)18(22)12-20-19(8-10-23-11-9-19)17-6-4-3-5-7-17/h3-7,15-16,20H,8-14H2,1-2H3/t15-,16-/m1/s1. The van der Waals surface area contributed by atoms with Gasteiger partial charge in [0.15, 0.2) is 0 Å². The first-order valence-corrected chi connectivity index (χ1v) is 8.91. The van der Waals surface area contributed by atoms with Crippen LogP contribution in [0, 0.1) is 0 Å². The minimum absolute atomic E-state index is 0.101. The van der Waals surface area contributed by atoms with Crippen LogP contribution in [0.25, 0.3) is 0 Å². The van der Waals surface area contributed by atoms with Crippen LogP contribution in [0.3, 0.4) is 0 Å². The van der Waals surface area contributed by atoms with Gasteiger partial charge in [-0.3, -0.25) is 10.1 Å². The van der Waals surface area contributed by atoms with Gasteiger partial charge in [-0.05, 0) is 32.3 Å². The molecule has 5 heteroatoms. The first-order chi connectivity index (χ1) is 11.6. The maximum Gasteiger partial charge on any atom is 0.236 e. The van der Waals surface area contributed by atoms with E-state index >= 15 is 0 Å². The highest BCUT2D eigenvalue weighted by atomic mass is 16.5. The number of morpholine rings is 1. The number of hydrogen-bond acceptors (Lipinski definition) is 4. The van der Waals surface area contributed by atoms with Crippen LogP contribution < -0.4 is 5.32 Å². The Kier molecular flexibility index (Phi) is 5.54. The Labute approximate surface area is 144 Å². The lowest BCUT2D eigenvalue weighted by Gasteiger charge is -2.40. The number of nitrogens with zero attached hydrogens (tertiary/aromatic N) is 1. The van der Waals surface area contributed by atoms with Crippen molar-refractivity contribution >= 4 is 5.91 Å². The lowest BCUT2D eigenvalue weighted by atomic mass is 9.82. The molecule has 1 aromatic carbocycles. The number of carbonyl (C=O) groups is 1. The van der Waals surface area contributed by atoms with Crippen LogP contribution in [0.1, 0.15) is 32.3 Å². The van der Waals surface area contributed by atoms with Gasteiger partial charge >= 0.3 is 0 Å². The molecule has 132 valence electrons. The number of carbonyl (C=O) groups excluding carboxylic acids is 1. The molecule has 0 bridgehead atoms. The van der Waals surface area contributed by atoms with Crippen LogP contribution in [0.2, 0.25) is 0 Å². The van der Waals surface area contributed by atoms with Crippen LogP contribution in [0.4, 0.5) is 0 Å². The third-order valence-corrected chi connectivity index (χ3v) is 5.02. The molecular formula is C19H28N2O3. The van der Waals surface area contributed by atoms with E-state index in [1.165, 1.54) is 5.56 Å². The predicted molar refractivity (Wildman–Crippen MR) is 92.8 cm³/mol. The number of ether oxygens (including phenoxy) is 2. The fourth-order valence-electron chi connectivity index (χ4n) is 3.78. The number of nitrogens with one attached hydrogen (secondary N) is 1. The SMILES string of the molecule is C[C@@H]1CN(C(=O)CNC2(c3ccccc3)CCOCC2)C[C@@H](C)O1. The summed E-state index contributed by atoms with van der Waals surface area (Å²) in [5.41, 5.74) is 1.07. The second-order valence-corrected chi connectivity index (χ2v) is 6.97. The molecule has 2 aliphatic rings.